The zero-order chi connectivity index (χ0) is 19.5. The third-order valence-electron chi connectivity index (χ3n) is 3.94. The van der Waals surface area contributed by atoms with E-state index in [9.17, 15) is 19.5 Å². The van der Waals surface area contributed by atoms with Gasteiger partial charge in [0.25, 0.3) is 0 Å². The van der Waals surface area contributed by atoms with Gasteiger partial charge in [0.1, 0.15) is 11.8 Å². The van der Waals surface area contributed by atoms with E-state index < -0.39 is 17.4 Å². The van der Waals surface area contributed by atoms with Crippen LogP contribution in [0.3, 0.4) is 0 Å². The molecule has 3 N–H and O–H groups in total. The van der Waals surface area contributed by atoms with Gasteiger partial charge in [0, 0.05) is 18.3 Å². The van der Waals surface area contributed by atoms with E-state index in [-0.39, 0.29) is 24.5 Å². The quantitative estimate of drug-likeness (QED) is 0.441. The highest BCUT2D eigenvalue weighted by Gasteiger charge is 2.25. The third-order valence-corrected chi connectivity index (χ3v) is 3.94. The molecule has 1 atom stereocenters. The molecule has 6 nitrogen and oxygen atoms in total. The van der Waals surface area contributed by atoms with Crippen molar-refractivity contribution in [1.82, 2.24) is 10.6 Å². The van der Waals surface area contributed by atoms with Crippen LogP contribution in [0.1, 0.15) is 73.1 Å². The molecule has 0 aromatic heterocycles. The van der Waals surface area contributed by atoms with Crippen LogP contribution in [0, 0.1) is 11.3 Å². The van der Waals surface area contributed by atoms with Crippen LogP contribution >= 0.6 is 0 Å². The second kappa shape index (κ2) is 12.0. The number of hydrogen-bond donors (Lipinski definition) is 3. The van der Waals surface area contributed by atoms with Gasteiger partial charge in [-0.15, -0.1) is 0 Å². The van der Waals surface area contributed by atoms with Crippen LogP contribution in [0.15, 0.2) is 0 Å². The van der Waals surface area contributed by atoms with Gasteiger partial charge in [0.2, 0.25) is 5.91 Å². The van der Waals surface area contributed by atoms with Crippen molar-refractivity contribution in [2.75, 3.05) is 13.1 Å². The molecule has 0 rings (SSSR count). The molecule has 0 aliphatic carbocycles. The minimum Gasteiger partial charge on any atom is -0.480 e. The molecule has 0 bridgehead atoms. The van der Waals surface area contributed by atoms with Crippen molar-refractivity contribution in [1.29, 1.82) is 0 Å². The molecular weight excluding hydrogens is 320 g/mol. The summed E-state index contributed by atoms with van der Waals surface area (Å²) >= 11 is 0. The highest BCUT2D eigenvalue weighted by Crippen LogP contribution is 2.18. The van der Waals surface area contributed by atoms with Gasteiger partial charge in [-0.1, -0.05) is 41.0 Å². The number of carbonyl (C=O) groups is 3. The lowest BCUT2D eigenvalue weighted by molar-refractivity contribution is -0.142. The lowest BCUT2D eigenvalue weighted by Crippen LogP contribution is -2.41. The van der Waals surface area contributed by atoms with Crippen LogP contribution in [0.5, 0.6) is 0 Å². The average Bonchev–Trinajstić information content (AvgIpc) is 2.48. The molecule has 1 unspecified atom stereocenters. The van der Waals surface area contributed by atoms with Crippen LogP contribution in [0.4, 0.5) is 0 Å². The maximum absolute atomic E-state index is 11.9. The molecule has 0 spiro atoms. The number of carbonyl (C=O) groups excluding carboxylic acids is 2. The fourth-order valence-electron chi connectivity index (χ4n) is 2.28. The number of aliphatic carboxylic acids is 1. The van der Waals surface area contributed by atoms with Gasteiger partial charge in [-0.05, 0) is 38.3 Å². The van der Waals surface area contributed by atoms with Gasteiger partial charge >= 0.3 is 5.97 Å². The summed E-state index contributed by atoms with van der Waals surface area (Å²) in [7, 11) is 0. The van der Waals surface area contributed by atoms with Crippen LogP contribution in [0.2, 0.25) is 0 Å². The minimum atomic E-state index is -1.09. The predicted octanol–water partition coefficient (Wildman–Crippen LogP) is 2.76. The first-order chi connectivity index (χ1) is 11.5. The SMILES string of the molecule is CC(C)CNCCCCCC(=O)NC(CCC(=O)C(C)(C)C)C(=O)O. The van der Waals surface area contributed by atoms with Gasteiger partial charge < -0.3 is 15.7 Å². The van der Waals surface area contributed by atoms with Crippen LogP contribution in [0.25, 0.3) is 0 Å². The van der Waals surface area contributed by atoms with Crippen molar-refractivity contribution in [3.8, 4) is 0 Å². The monoisotopic (exact) mass is 356 g/mol. The van der Waals surface area contributed by atoms with Crippen molar-refractivity contribution >= 4 is 17.7 Å². The summed E-state index contributed by atoms with van der Waals surface area (Å²) in [6.07, 6.45) is 3.28. The Morgan fingerprint density at radius 3 is 2.16 bits per heavy atom. The summed E-state index contributed by atoms with van der Waals surface area (Å²) < 4.78 is 0. The Morgan fingerprint density at radius 1 is 1.00 bits per heavy atom. The lowest BCUT2D eigenvalue weighted by atomic mass is 9.87. The van der Waals surface area contributed by atoms with E-state index >= 15 is 0 Å². The number of Topliss-reactive ketones (excluding diaryl/α,β-unsaturated/α-hetero) is 1. The smallest absolute Gasteiger partial charge is 0.326 e. The second-order valence-electron chi connectivity index (χ2n) is 8.08. The van der Waals surface area contributed by atoms with Crippen molar-refractivity contribution in [2.24, 2.45) is 11.3 Å². The van der Waals surface area contributed by atoms with Crippen LogP contribution in [-0.4, -0.2) is 41.9 Å². The maximum Gasteiger partial charge on any atom is 0.326 e. The van der Waals surface area contributed by atoms with Crippen LogP contribution in [-0.2, 0) is 14.4 Å². The summed E-state index contributed by atoms with van der Waals surface area (Å²) in [6.45, 7) is 11.7. The maximum atomic E-state index is 11.9. The average molecular weight is 357 g/mol. The predicted molar refractivity (Wildman–Crippen MR) is 99.4 cm³/mol. The highest BCUT2D eigenvalue weighted by molar-refractivity contribution is 5.86. The van der Waals surface area contributed by atoms with E-state index in [2.05, 4.69) is 24.5 Å². The van der Waals surface area contributed by atoms with Crippen molar-refractivity contribution < 1.29 is 19.5 Å². The first-order valence-corrected chi connectivity index (χ1v) is 9.30. The van der Waals surface area contributed by atoms with Gasteiger partial charge in [0.15, 0.2) is 0 Å². The number of amides is 1. The van der Waals surface area contributed by atoms with E-state index in [1.54, 1.807) is 20.8 Å². The number of hydrogen-bond acceptors (Lipinski definition) is 4. The second-order valence-corrected chi connectivity index (χ2v) is 8.08. The van der Waals surface area contributed by atoms with Gasteiger partial charge in [-0.25, -0.2) is 4.79 Å². The fraction of sp³-hybridized carbons (Fsp3) is 0.842. The Morgan fingerprint density at radius 2 is 1.64 bits per heavy atom. The van der Waals surface area contributed by atoms with E-state index in [0.29, 0.717) is 12.3 Å². The first kappa shape index (κ1) is 23.6. The minimum absolute atomic E-state index is 0.00176. The molecule has 0 aliphatic heterocycles. The van der Waals surface area contributed by atoms with E-state index in [0.717, 1.165) is 32.4 Å². The molecule has 0 heterocycles. The topological polar surface area (TPSA) is 95.5 Å². The molecule has 0 saturated carbocycles. The van der Waals surface area contributed by atoms with Crippen LogP contribution < -0.4 is 10.6 Å². The molecule has 0 radical (unpaired) electrons. The molecule has 25 heavy (non-hydrogen) atoms. The summed E-state index contributed by atoms with van der Waals surface area (Å²) in [6, 6.07) is -0.994. The lowest BCUT2D eigenvalue weighted by Gasteiger charge is -2.19. The molecule has 146 valence electrons. The zero-order valence-electron chi connectivity index (χ0n) is 16.5. The van der Waals surface area contributed by atoms with Crippen molar-refractivity contribution in [3.63, 3.8) is 0 Å². The van der Waals surface area contributed by atoms with E-state index in [1.807, 2.05) is 0 Å². The number of nitrogens with one attached hydrogen (secondary N) is 2. The first-order valence-electron chi connectivity index (χ1n) is 9.30. The molecule has 6 heteroatoms. The summed E-state index contributed by atoms with van der Waals surface area (Å²) in [5.74, 6) is -0.718. The Kier molecular flexibility index (Phi) is 11.3. The number of carboxylic acid groups (broad SMARTS) is 1. The fourth-order valence-corrected chi connectivity index (χ4v) is 2.28. The Labute approximate surface area is 152 Å². The number of ketones is 1. The molecule has 0 fully saturated rings. The van der Waals surface area contributed by atoms with Gasteiger partial charge in [-0.3, -0.25) is 9.59 Å². The van der Waals surface area contributed by atoms with Gasteiger partial charge in [-0.2, -0.15) is 0 Å². The zero-order valence-corrected chi connectivity index (χ0v) is 16.5. The standard InChI is InChI=1S/C19H36N2O4/c1-14(2)13-20-12-8-6-7-9-17(23)21-15(18(24)25)10-11-16(22)19(3,4)5/h14-15,20H,6-13H2,1-5H3,(H,21,23)(H,24,25). The summed E-state index contributed by atoms with van der Waals surface area (Å²) in [5.41, 5.74) is -0.489. The molecular formula is C19H36N2O4. The molecule has 0 aliphatic rings. The van der Waals surface area contributed by atoms with Crippen molar-refractivity contribution in [3.05, 3.63) is 0 Å². The molecule has 1 amide bonds. The Bertz CT molecular complexity index is 428. The normalized spacial score (nSPS) is 12.9. The number of carboxylic acids is 1. The third kappa shape index (κ3) is 12.6. The molecule has 0 aromatic rings. The summed E-state index contributed by atoms with van der Waals surface area (Å²) in [5, 5.41) is 15.1. The van der Waals surface area contributed by atoms with Gasteiger partial charge in [0.05, 0.1) is 0 Å². The molecule has 0 aromatic carbocycles. The largest absolute Gasteiger partial charge is 0.480 e. The highest BCUT2D eigenvalue weighted by atomic mass is 16.4. The number of unbranched alkanes of at least 4 members (excludes halogenated alkanes) is 2. The Balaban J connectivity index is 4.01. The van der Waals surface area contributed by atoms with E-state index in [1.165, 1.54) is 0 Å². The molecule has 0 saturated heterocycles. The number of rotatable bonds is 13. The van der Waals surface area contributed by atoms with E-state index in [4.69, 9.17) is 0 Å². The summed E-state index contributed by atoms with van der Waals surface area (Å²) in [4.78, 5) is 35.1. The Hall–Kier alpha value is -1.43. The van der Waals surface area contributed by atoms with Crippen molar-refractivity contribution in [2.45, 2.75) is 79.2 Å².